The van der Waals surface area contributed by atoms with Crippen molar-refractivity contribution in [2.24, 2.45) is 0 Å². The van der Waals surface area contributed by atoms with Gasteiger partial charge in [-0.2, -0.15) is 13.2 Å². The number of carbonyl (C=O) groups is 2. The Morgan fingerprint density at radius 3 is 2.26 bits per heavy atom. The van der Waals surface area contributed by atoms with E-state index < -0.39 is 52.1 Å². The predicted molar refractivity (Wildman–Crippen MR) is 123 cm³/mol. The second kappa shape index (κ2) is 10.1. The Kier molecular flexibility index (Phi) is 7.54. The van der Waals surface area contributed by atoms with Crippen molar-refractivity contribution in [1.82, 2.24) is 4.57 Å². The van der Waals surface area contributed by atoms with Crippen molar-refractivity contribution >= 4 is 21.6 Å². The molecule has 1 aromatic heterocycles. The number of hydrogen-bond donors (Lipinski definition) is 0. The normalized spacial score (nSPS) is 11.9. The summed E-state index contributed by atoms with van der Waals surface area (Å²) in [5.74, 6) is -1.86. The number of rotatable bonds is 8. The van der Waals surface area contributed by atoms with E-state index in [1.807, 2.05) is 6.92 Å². The average Bonchev–Trinajstić information content (AvgIpc) is 3.09. The molecule has 0 saturated heterocycles. The van der Waals surface area contributed by atoms with Crippen molar-refractivity contribution in [2.45, 2.75) is 38.3 Å². The van der Waals surface area contributed by atoms with E-state index >= 15 is 0 Å². The molecule has 3 rings (SSSR count). The lowest BCUT2D eigenvalue weighted by Crippen LogP contribution is -2.18. The van der Waals surface area contributed by atoms with Gasteiger partial charge in [-0.05, 0) is 57.2 Å². The summed E-state index contributed by atoms with van der Waals surface area (Å²) in [6.45, 7) is 4.43. The number of aromatic nitrogens is 1. The Bertz CT molecular complexity index is 1360. The van der Waals surface area contributed by atoms with E-state index in [1.165, 1.54) is 34.9 Å². The molecule has 0 radical (unpaired) electrons. The number of carbonyl (C=O) groups excluding carboxylic acids is 2. The molecule has 0 spiro atoms. The first-order valence-corrected chi connectivity index (χ1v) is 12.3. The van der Waals surface area contributed by atoms with Crippen LogP contribution in [0.3, 0.4) is 0 Å². The van der Waals surface area contributed by atoms with Crippen LogP contribution < -0.4 is 0 Å². The highest BCUT2D eigenvalue weighted by Gasteiger charge is 2.31. The third-order valence-electron chi connectivity index (χ3n) is 5.48. The lowest BCUT2D eigenvalue weighted by molar-refractivity contribution is -0.142. The van der Waals surface area contributed by atoms with Gasteiger partial charge in [-0.3, -0.25) is 9.59 Å². The number of sulfone groups is 1. The summed E-state index contributed by atoms with van der Waals surface area (Å²) < 4.78 is 70.5. The van der Waals surface area contributed by atoms with Crippen LogP contribution in [0.4, 0.5) is 13.2 Å². The zero-order chi connectivity index (χ0) is 26.0. The van der Waals surface area contributed by atoms with E-state index in [1.54, 1.807) is 26.0 Å². The van der Waals surface area contributed by atoms with Crippen LogP contribution in [-0.2, 0) is 25.5 Å². The summed E-state index contributed by atoms with van der Waals surface area (Å²) in [6, 6.07) is 12.5. The van der Waals surface area contributed by atoms with Crippen LogP contribution in [0, 0.1) is 20.8 Å². The minimum atomic E-state index is -4.51. The number of nitrogens with zero attached hydrogens (tertiary/aromatic N) is 1. The van der Waals surface area contributed by atoms with Gasteiger partial charge in [0.05, 0.1) is 22.6 Å². The molecule has 0 bridgehead atoms. The summed E-state index contributed by atoms with van der Waals surface area (Å²) in [4.78, 5) is 24.8. The molecule has 35 heavy (non-hydrogen) atoms. The van der Waals surface area contributed by atoms with Gasteiger partial charge in [-0.25, -0.2) is 8.42 Å². The summed E-state index contributed by atoms with van der Waals surface area (Å²) in [5, 5.41) is 0. The van der Waals surface area contributed by atoms with Gasteiger partial charge in [0.2, 0.25) is 5.78 Å². The second-order valence-electron chi connectivity index (χ2n) is 8.13. The van der Waals surface area contributed by atoms with Crippen LogP contribution in [0.5, 0.6) is 0 Å². The molecule has 0 atom stereocenters. The molecule has 10 heteroatoms. The lowest BCUT2D eigenvalue weighted by atomic mass is 10.1. The average molecular weight is 508 g/mol. The third-order valence-corrected chi connectivity index (χ3v) is 7.21. The number of esters is 1. The van der Waals surface area contributed by atoms with Crippen molar-refractivity contribution in [1.29, 1.82) is 0 Å². The summed E-state index contributed by atoms with van der Waals surface area (Å²) in [6.07, 6.45) is -4.93. The number of halogens is 3. The van der Waals surface area contributed by atoms with Gasteiger partial charge in [0.1, 0.15) is 0 Å². The first-order chi connectivity index (χ1) is 16.3. The van der Waals surface area contributed by atoms with Gasteiger partial charge in [0.15, 0.2) is 16.4 Å². The monoisotopic (exact) mass is 507 g/mol. The largest absolute Gasteiger partial charge is 0.457 e. The van der Waals surface area contributed by atoms with Crippen molar-refractivity contribution < 1.29 is 35.9 Å². The predicted octanol–water partition coefficient (Wildman–Crippen LogP) is 5.01. The first kappa shape index (κ1) is 26.2. The fraction of sp³-hybridized carbons (Fsp3) is 0.280. The van der Waals surface area contributed by atoms with E-state index in [4.69, 9.17) is 4.74 Å². The fourth-order valence-corrected chi connectivity index (χ4v) is 4.86. The van der Waals surface area contributed by atoms with E-state index in [9.17, 15) is 31.2 Å². The van der Waals surface area contributed by atoms with Gasteiger partial charge < -0.3 is 9.30 Å². The highest BCUT2D eigenvalue weighted by atomic mass is 32.2. The zero-order valence-electron chi connectivity index (χ0n) is 19.3. The van der Waals surface area contributed by atoms with Crippen molar-refractivity contribution in [2.75, 3.05) is 12.4 Å². The first-order valence-electron chi connectivity index (χ1n) is 10.6. The van der Waals surface area contributed by atoms with E-state index in [2.05, 4.69) is 0 Å². The standard InChI is InChI=1S/C25H24F3NO5S/c1-16-7-9-21(10-8-16)35(32,33)12-11-24(31)34-15-23(30)22-13-17(2)29(18(22)3)20-6-4-5-19(14-20)25(26,27)28/h4-10,13-14H,11-12,15H2,1-3H3. The Labute approximate surface area is 201 Å². The highest BCUT2D eigenvalue weighted by Crippen LogP contribution is 2.31. The molecule has 0 unspecified atom stereocenters. The highest BCUT2D eigenvalue weighted by molar-refractivity contribution is 7.91. The Hall–Kier alpha value is -3.40. The SMILES string of the molecule is Cc1ccc(S(=O)(=O)CCC(=O)OCC(=O)c2cc(C)n(-c3cccc(C(F)(F)F)c3)c2C)cc1. The molecule has 1 heterocycles. The van der Waals surface area contributed by atoms with Crippen LogP contribution in [0.2, 0.25) is 0 Å². The third kappa shape index (κ3) is 6.19. The molecule has 0 amide bonds. The van der Waals surface area contributed by atoms with Gasteiger partial charge in [-0.1, -0.05) is 23.8 Å². The molecule has 0 aliphatic heterocycles. The molecule has 0 N–H and O–H groups in total. The fourth-order valence-electron chi connectivity index (χ4n) is 3.64. The van der Waals surface area contributed by atoms with Crippen molar-refractivity contribution in [3.63, 3.8) is 0 Å². The number of alkyl halides is 3. The summed E-state index contributed by atoms with van der Waals surface area (Å²) in [7, 11) is -3.69. The number of benzene rings is 2. The number of aryl methyl sites for hydroxylation is 2. The Balaban J connectivity index is 1.66. The molecule has 3 aromatic rings. The van der Waals surface area contributed by atoms with Gasteiger partial charge in [-0.15, -0.1) is 0 Å². The molecule has 2 aromatic carbocycles. The van der Waals surface area contributed by atoms with Gasteiger partial charge in [0, 0.05) is 22.6 Å². The van der Waals surface area contributed by atoms with E-state index in [-0.39, 0.29) is 16.1 Å². The number of hydrogen-bond acceptors (Lipinski definition) is 5. The molecule has 0 aliphatic rings. The Morgan fingerprint density at radius 1 is 0.971 bits per heavy atom. The molecule has 0 saturated carbocycles. The van der Waals surface area contributed by atoms with Crippen molar-refractivity contribution in [3.8, 4) is 5.69 Å². The van der Waals surface area contributed by atoms with Gasteiger partial charge >= 0.3 is 12.1 Å². The van der Waals surface area contributed by atoms with Gasteiger partial charge in [0.25, 0.3) is 0 Å². The van der Waals surface area contributed by atoms with Crippen LogP contribution >= 0.6 is 0 Å². The smallest absolute Gasteiger partial charge is 0.416 e. The lowest BCUT2D eigenvalue weighted by Gasteiger charge is -2.13. The Morgan fingerprint density at radius 2 is 1.63 bits per heavy atom. The summed E-state index contributed by atoms with van der Waals surface area (Å²) in [5.41, 5.74) is 1.44. The minimum Gasteiger partial charge on any atom is -0.457 e. The number of ketones is 1. The molecule has 6 nitrogen and oxygen atoms in total. The maximum Gasteiger partial charge on any atom is 0.416 e. The molecule has 0 fully saturated rings. The van der Waals surface area contributed by atoms with Crippen LogP contribution in [0.1, 0.15) is 39.3 Å². The molecule has 0 aliphatic carbocycles. The second-order valence-corrected chi connectivity index (χ2v) is 10.2. The number of Topliss-reactive ketones (excluding diaryl/α,β-unsaturated/α-hetero) is 1. The topological polar surface area (TPSA) is 82.4 Å². The number of ether oxygens (including phenoxy) is 1. The van der Waals surface area contributed by atoms with Crippen LogP contribution in [-0.4, -0.2) is 37.1 Å². The molecular weight excluding hydrogens is 483 g/mol. The van der Waals surface area contributed by atoms with E-state index in [0.717, 1.165) is 17.7 Å². The van der Waals surface area contributed by atoms with E-state index in [0.29, 0.717) is 11.4 Å². The van der Waals surface area contributed by atoms with Crippen LogP contribution in [0.25, 0.3) is 5.69 Å². The maximum atomic E-state index is 13.1. The zero-order valence-corrected chi connectivity index (χ0v) is 20.2. The maximum absolute atomic E-state index is 13.1. The van der Waals surface area contributed by atoms with Crippen LogP contribution in [0.15, 0.2) is 59.5 Å². The molecular formula is C25H24F3NO5S. The quantitative estimate of drug-likeness (QED) is 0.316. The molecule has 186 valence electrons. The summed E-state index contributed by atoms with van der Waals surface area (Å²) >= 11 is 0. The minimum absolute atomic E-state index is 0.0917. The van der Waals surface area contributed by atoms with Crippen molar-refractivity contribution in [3.05, 3.63) is 82.7 Å².